The average Bonchev–Trinajstić information content (AvgIpc) is 2.26. The summed E-state index contributed by atoms with van der Waals surface area (Å²) in [6, 6.07) is 4.51. The molecule has 0 atom stereocenters. The van der Waals surface area contributed by atoms with E-state index in [2.05, 4.69) is 15.9 Å². The van der Waals surface area contributed by atoms with Crippen LogP contribution in [0.1, 0.15) is 15.9 Å². The van der Waals surface area contributed by atoms with Gasteiger partial charge in [-0.25, -0.2) is 0 Å². The predicted octanol–water partition coefficient (Wildman–Crippen LogP) is 2.65. The van der Waals surface area contributed by atoms with Gasteiger partial charge < -0.3 is 0 Å². The number of nitriles is 1. The maximum atomic E-state index is 11.5. The normalized spacial score (nSPS) is 9.56. The molecule has 0 aliphatic carbocycles. The van der Waals surface area contributed by atoms with Gasteiger partial charge in [-0.3, -0.25) is 14.9 Å². The minimum atomic E-state index is -0.704. The van der Waals surface area contributed by atoms with Gasteiger partial charge in [0.25, 0.3) is 5.69 Å². The summed E-state index contributed by atoms with van der Waals surface area (Å²) < 4.78 is 0.615. The largest absolute Gasteiger partial charge is 0.297 e. The second-order valence-electron chi connectivity index (χ2n) is 2.78. The maximum Gasteiger partial charge on any atom is 0.297 e. The number of carbonyl (C=O) groups excluding carboxylic acids is 1. The fourth-order valence-corrected chi connectivity index (χ4v) is 2.09. The third-order valence-electron chi connectivity index (χ3n) is 1.80. The molecule has 0 heterocycles. The molecule has 0 aliphatic heterocycles. The second kappa shape index (κ2) is 5.36. The molecule has 0 aromatic heterocycles. The molecule has 0 bridgehead atoms. The molecule has 7 heteroatoms. The lowest BCUT2D eigenvalue weighted by Gasteiger charge is -2.02. The van der Waals surface area contributed by atoms with E-state index < -0.39 is 16.4 Å². The molecule has 0 saturated heterocycles. The van der Waals surface area contributed by atoms with Crippen molar-refractivity contribution in [3.05, 3.63) is 36.9 Å². The average molecular weight is 395 g/mol. The van der Waals surface area contributed by atoms with Crippen molar-refractivity contribution < 1.29 is 9.72 Å². The summed E-state index contributed by atoms with van der Waals surface area (Å²) >= 11 is 4.85. The molecule has 16 heavy (non-hydrogen) atoms. The molecule has 0 saturated carbocycles. The Kier molecular flexibility index (Phi) is 4.37. The van der Waals surface area contributed by atoms with Crippen LogP contribution in [0, 0.1) is 25.0 Å². The summed E-state index contributed by atoms with van der Waals surface area (Å²) in [6.45, 7) is 0. The summed E-state index contributed by atoms with van der Waals surface area (Å²) in [4.78, 5) is 21.6. The second-order valence-corrected chi connectivity index (χ2v) is 4.58. The highest BCUT2D eigenvalue weighted by atomic mass is 127. The van der Waals surface area contributed by atoms with Gasteiger partial charge in [-0.05, 0) is 34.7 Å². The van der Waals surface area contributed by atoms with E-state index in [0.29, 0.717) is 3.57 Å². The van der Waals surface area contributed by atoms with E-state index in [4.69, 9.17) is 5.26 Å². The van der Waals surface area contributed by atoms with Crippen LogP contribution in [-0.2, 0) is 0 Å². The Morgan fingerprint density at radius 2 is 2.25 bits per heavy atom. The van der Waals surface area contributed by atoms with Crippen LogP contribution in [-0.4, -0.2) is 16.0 Å². The highest BCUT2D eigenvalue weighted by Gasteiger charge is 2.24. The van der Waals surface area contributed by atoms with E-state index >= 15 is 0 Å². The summed E-state index contributed by atoms with van der Waals surface area (Å²) in [6.07, 6.45) is 0. The van der Waals surface area contributed by atoms with Crippen LogP contribution in [0.4, 0.5) is 5.69 Å². The first kappa shape index (κ1) is 13.1. The van der Waals surface area contributed by atoms with Gasteiger partial charge in [0.1, 0.15) is 11.6 Å². The minimum Gasteiger partial charge on any atom is -0.293 e. The highest BCUT2D eigenvalue weighted by molar-refractivity contribution is 14.1. The van der Waals surface area contributed by atoms with E-state index in [0.717, 1.165) is 0 Å². The number of rotatable bonds is 3. The Morgan fingerprint density at radius 1 is 1.62 bits per heavy atom. The third-order valence-corrected chi connectivity index (χ3v) is 2.93. The smallest absolute Gasteiger partial charge is 0.293 e. The van der Waals surface area contributed by atoms with Crippen LogP contribution in [0.2, 0.25) is 0 Å². The van der Waals surface area contributed by atoms with Crippen LogP contribution in [0.3, 0.4) is 0 Å². The number of nitro benzene ring substituents is 1. The van der Waals surface area contributed by atoms with E-state index in [-0.39, 0.29) is 16.5 Å². The molecule has 82 valence electrons. The van der Waals surface area contributed by atoms with E-state index in [9.17, 15) is 14.9 Å². The van der Waals surface area contributed by atoms with Crippen LogP contribution < -0.4 is 0 Å². The Labute approximate surface area is 113 Å². The number of ketones is 1. The number of hydrogen-bond donors (Lipinski definition) is 0. The lowest BCUT2D eigenvalue weighted by molar-refractivity contribution is -0.385. The first-order valence-corrected chi connectivity index (χ1v) is 6.18. The number of halogens is 2. The van der Waals surface area contributed by atoms with Crippen LogP contribution >= 0.6 is 38.5 Å². The van der Waals surface area contributed by atoms with Gasteiger partial charge in [0.15, 0.2) is 5.78 Å². The van der Waals surface area contributed by atoms with Gasteiger partial charge in [0.2, 0.25) is 0 Å². The topological polar surface area (TPSA) is 84.0 Å². The molecule has 0 N–H and O–H groups in total. The Hall–Kier alpha value is -1.01. The molecule has 0 fully saturated rings. The zero-order valence-corrected chi connectivity index (χ0v) is 11.5. The molecule has 5 nitrogen and oxygen atoms in total. The highest BCUT2D eigenvalue weighted by Crippen LogP contribution is 2.26. The zero-order valence-electron chi connectivity index (χ0n) is 7.74. The maximum absolute atomic E-state index is 11.5. The van der Waals surface area contributed by atoms with Crippen molar-refractivity contribution >= 4 is 50.0 Å². The Bertz CT molecular complexity index is 510. The van der Waals surface area contributed by atoms with E-state index in [1.165, 1.54) is 12.1 Å². The van der Waals surface area contributed by atoms with Crippen molar-refractivity contribution in [1.29, 1.82) is 5.26 Å². The fourth-order valence-electron chi connectivity index (χ4n) is 1.17. The molecule has 0 radical (unpaired) electrons. The van der Waals surface area contributed by atoms with Gasteiger partial charge in [0.05, 0.1) is 15.8 Å². The zero-order chi connectivity index (χ0) is 12.3. The van der Waals surface area contributed by atoms with E-state index in [1.807, 2.05) is 22.6 Å². The lowest BCUT2D eigenvalue weighted by Crippen LogP contribution is -2.07. The number of Topliss-reactive ketones (excluding diaryl/α,β-unsaturated/α-hetero) is 1. The van der Waals surface area contributed by atoms with Gasteiger partial charge in [0, 0.05) is 3.57 Å². The van der Waals surface area contributed by atoms with Crippen LogP contribution in [0.25, 0.3) is 0 Å². The number of hydrogen-bond acceptors (Lipinski definition) is 4. The Morgan fingerprint density at radius 3 is 2.69 bits per heavy atom. The molecule has 0 spiro atoms. The quantitative estimate of drug-likeness (QED) is 0.259. The summed E-state index contributed by atoms with van der Waals surface area (Å²) in [5.74, 6) is -0.415. The van der Waals surface area contributed by atoms with Gasteiger partial charge >= 0.3 is 0 Å². The standard InChI is InChI=1S/C9H4BrIN2O3/c10-3-8(14)7-2-6(11)1-5(4-12)9(7)13(15)16/h1-2H,3H2. The first-order valence-electron chi connectivity index (χ1n) is 3.98. The van der Waals surface area contributed by atoms with Crippen LogP contribution in [0.5, 0.6) is 0 Å². The number of carbonyl (C=O) groups is 1. The van der Waals surface area contributed by atoms with Gasteiger partial charge in [-0.2, -0.15) is 5.26 Å². The molecule has 1 aromatic rings. The lowest BCUT2D eigenvalue weighted by atomic mass is 10.1. The van der Waals surface area contributed by atoms with Gasteiger partial charge in [-0.1, -0.05) is 15.9 Å². The van der Waals surface area contributed by atoms with Crippen molar-refractivity contribution in [3.8, 4) is 6.07 Å². The molecule has 0 aliphatic rings. The number of nitrogens with zero attached hydrogens (tertiary/aromatic N) is 2. The Balaban J connectivity index is 3.58. The van der Waals surface area contributed by atoms with Crippen molar-refractivity contribution in [3.63, 3.8) is 0 Å². The monoisotopic (exact) mass is 394 g/mol. The predicted molar refractivity (Wildman–Crippen MR) is 68.7 cm³/mol. The first-order chi connectivity index (χ1) is 7.51. The van der Waals surface area contributed by atoms with Crippen LogP contribution in [0.15, 0.2) is 12.1 Å². The van der Waals surface area contributed by atoms with Gasteiger partial charge in [-0.15, -0.1) is 0 Å². The SMILES string of the molecule is N#Cc1cc(I)cc(C(=O)CBr)c1[N+](=O)[O-]. The van der Waals surface area contributed by atoms with E-state index in [1.54, 1.807) is 6.07 Å². The molecular formula is C9H4BrIN2O3. The number of nitro groups is 1. The van der Waals surface area contributed by atoms with Crippen molar-refractivity contribution in [1.82, 2.24) is 0 Å². The fraction of sp³-hybridized carbons (Fsp3) is 0.111. The molecule has 1 rings (SSSR count). The minimum absolute atomic E-state index is 0.0151. The van der Waals surface area contributed by atoms with Crippen molar-refractivity contribution in [2.24, 2.45) is 0 Å². The number of alkyl halides is 1. The third kappa shape index (κ3) is 2.56. The molecule has 1 aromatic carbocycles. The molecular weight excluding hydrogens is 391 g/mol. The summed E-state index contributed by atoms with van der Waals surface area (Å²) in [5.41, 5.74) is -0.557. The summed E-state index contributed by atoms with van der Waals surface area (Å²) in [5, 5.41) is 19.6. The van der Waals surface area contributed by atoms with Crippen molar-refractivity contribution in [2.75, 3.05) is 5.33 Å². The molecule has 0 amide bonds. The molecule has 0 unspecified atom stereocenters. The van der Waals surface area contributed by atoms with Crippen molar-refractivity contribution in [2.45, 2.75) is 0 Å². The number of benzene rings is 1. The summed E-state index contributed by atoms with van der Waals surface area (Å²) in [7, 11) is 0.